The predicted octanol–water partition coefficient (Wildman–Crippen LogP) is 4.26. The Labute approximate surface area is 112 Å². The van der Waals surface area contributed by atoms with E-state index in [0.717, 1.165) is 0 Å². The third-order valence-electron chi connectivity index (χ3n) is 2.28. The highest BCUT2D eigenvalue weighted by Crippen LogP contribution is 2.27. The number of hydrogen-bond donors (Lipinski definition) is 0. The molecule has 0 amide bonds. The molecule has 0 fully saturated rings. The summed E-state index contributed by atoms with van der Waals surface area (Å²) < 4.78 is 14.3. The largest absolute Gasteiger partial charge is 0.233 e. The van der Waals surface area contributed by atoms with E-state index >= 15 is 0 Å². The molecule has 0 aliphatic rings. The first-order chi connectivity index (χ1) is 8.11. The molecule has 2 aromatic rings. The molecule has 0 radical (unpaired) electrons. The summed E-state index contributed by atoms with van der Waals surface area (Å²) in [5.74, 6) is 0.260. The van der Waals surface area contributed by atoms with E-state index in [1.54, 1.807) is 24.3 Å². The highest BCUT2D eigenvalue weighted by atomic mass is 79.9. The van der Waals surface area contributed by atoms with E-state index in [9.17, 15) is 4.39 Å². The number of aryl methyl sites for hydroxylation is 1. The van der Waals surface area contributed by atoms with Crippen molar-refractivity contribution >= 4 is 27.5 Å². The van der Waals surface area contributed by atoms with E-state index in [1.165, 1.54) is 0 Å². The minimum Gasteiger partial charge on any atom is -0.233 e. The molecule has 2 rings (SSSR count). The summed E-state index contributed by atoms with van der Waals surface area (Å²) in [5.41, 5.74) is 0.916. The van der Waals surface area contributed by atoms with Crippen LogP contribution in [0.1, 0.15) is 12.7 Å². The van der Waals surface area contributed by atoms with Crippen LogP contribution in [0.4, 0.5) is 4.39 Å². The SMILES string of the molecule is CCc1nc(Cl)cc(-c2cccc(Br)c2F)n1. The molecule has 2 nitrogen and oxygen atoms in total. The molecule has 0 saturated carbocycles. The maximum atomic E-state index is 13.9. The Hall–Kier alpha value is -1.00. The molecule has 0 atom stereocenters. The Morgan fingerprint density at radius 3 is 2.82 bits per heavy atom. The van der Waals surface area contributed by atoms with Crippen molar-refractivity contribution in [3.63, 3.8) is 0 Å². The molecule has 0 saturated heterocycles. The lowest BCUT2D eigenvalue weighted by atomic mass is 10.1. The zero-order chi connectivity index (χ0) is 12.4. The van der Waals surface area contributed by atoms with Crippen molar-refractivity contribution in [2.24, 2.45) is 0 Å². The first kappa shape index (κ1) is 12.5. The van der Waals surface area contributed by atoms with Gasteiger partial charge in [-0.05, 0) is 28.1 Å². The van der Waals surface area contributed by atoms with Gasteiger partial charge in [0.05, 0.1) is 10.2 Å². The molecule has 0 aliphatic heterocycles. The van der Waals surface area contributed by atoms with Crippen LogP contribution in [0.3, 0.4) is 0 Å². The van der Waals surface area contributed by atoms with Gasteiger partial charge in [0, 0.05) is 18.1 Å². The zero-order valence-corrected chi connectivity index (χ0v) is 11.4. The monoisotopic (exact) mass is 314 g/mol. The number of benzene rings is 1. The second kappa shape index (κ2) is 5.10. The summed E-state index contributed by atoms with van der Waals surface area (Å²) in [6, 6.07) is 6.62. The molecule has 0 unspecified atom stereocenters. The van der Waals surface area contributed by atoms with Crippen LogP contribution in [-0.2, 0) is 6.42 Å². The van der Waals surface area contributed by atoms with Gasteiger partial charge in [-0.1, -0.05) is 24.6 Å². The first-order valence-corrected chi connectivity index (χ1v) is 6.26. The molecule has 0 bridgehead atoms. The summed E-state index contributed by atoms with van der Waals surface area (Å²) in [5, 5.41) is 0.325. The van der Waals surface area contributed by atoms with E-state index < -0.39 is 0 Å². The van der Waals surface area contributed by atoms with Gasteiger partial charge in [0.15, 0.2) is 0 Å². The quantitative estimate of drug-likeness (QED) is 0.774. The van der Waals surface area contributed by atoms with E-state index in [-0.39, 0.29) is 5.82 Å². The highest BCUT2D eigenvalue weighted by Gasteiger charge is 2.11. The second-order valence-corrected chi connectivity index (χ2v) is 4.69. The number of hydrogen-bond acceptors (Lipinski definition) is 2. The zero-order valence-electron chi connectivity index (χ0n) is 9.04. The smallest absolute Gasteiger partial charge is 0.146 e. The lowest BCUT2D eigenvalue weighted by Gasteiger charge is -2.06. The molecule has 88 valence electrons. The predicted molar refractivity (Wildman–Crippen MR) is 69.5 cm³/mol. The Morgan fingerprint density at radius 2 is 2.12 bits per heavy atom. The van der Waals surface area contributed by atoms with Crippen molar-refractivity contribution in [1.29, 1.82) is 0 Å². The molecule has 0 N–H and O–H groups in total. The van der Waals surface area contributed by atoms with Crippen molar-refractivity contribution in [3.8, 4) is 11.3 Å². The third kappa shape index (κ3) is 2.64. The van der Waals surface area contributed by atoms with Crippen LogP contribution >= 0.6 is 27.5 Å². The first-order valence-electron chi connectivity index (χ1n) is 5.09. The van der Waals surface area contributed by atoms with Crippen LogP contribution in [0.5, 0.6) is 0 Å². The van der Waals surface area contributed by atoms with Gasteiger partial charge in [-0.25, -0.2) is 14.4 Å². The average Bonchev–Trinajstić information content (AvgIpc) is 2.31. The van der Waals surface area contributed by atoms with Gasteiger partial charge >= 0.3 is 0 Å². The molecular formula is C12H9BrClFN2. The van der Waals surface area contributed by atoms with Crippen molar-refractivity contribution in [1.82, 2.24) is 9.97 Å². The number of halogens is 3. The van der Waals surface area contributed by atoms with Gasteiger partial charge < -0.3 is 0 Å². The lowest BCUT2D eigenvalue weighted by Crippen LogP contribution is -1.97. The molecule has 5 heteroatoms. The molecule has 1 aromatic heterocycles. The highest BCUT2D eigenvalue weighted by molar-refractivity contribution is 9.10. The summed E-state index contributed by atoms with van der Waals surface area (Å²) in [6.45, 7) is 1.92. The minimum atomic E-state index is -0.343. The van der Waals surface area contributed by atoms with E-state index in [0.29, 0.717) is 33.1 Å². The molecule has 17 heavy (non-hydrogen) atoms. The van der Waals surface area contributed by atoms with Crippen LogP contribution in [0.25, 0.3) is 11.3 Å². The van der Waals surface area contributed by atoms with Gasteiger partial charge in [0.2, 0.25) is 0 Å². The van der Waals surface area contributed by atoms with E-state index in [2.05, 4.69) is 25.9 Å². The average molecular weight is 316 g/mol. The molecule has 0 aliphatic carbocycles. The van der Waals surface area contributed by atoms with Crippen LogP contribution in [-0.4, -0.2) is 9.97 Å². The summed E-state index contributed by atoms with van der Waals surface area (Å²) in [6.07, 6.45) is 0.656. The molecular weight excluding hydrogens is 307 g/mol. The Bertz CT molecular complexity index is 560. The van der Waals surface area contributed by atoms with Gasteiger partial charge in [0.1, 0.15) is 16.8 Å². The van der Waals surface area contributed by atoms with Gasteiger partial charge in [-0.15, -0.1) is 0 Å². The van der Waals surface area contributed by atoms with Crippen molar-refractivity contribution < 1.29 is 4.39 Å². The van der Waals surface area contributed by atoms with Crippen LogP contribution in [0, 0.1) is 5.82 Å². The summed E-state index contributed by atoms with van der Waals surface area (Å²) in [4.78, 5) is 8.32. The van der Waals surface area contributed by atoms with E-state index in [1.807, 2.05) is 6.92 Å². The van der Waals surface area contributed by atoms with Gasteiger partial charge in [-0.3, -0.25) is 0 Å². The van der Waals surface area contributed by atoms with Crippen molar-refractivity contribution in [2.75, 3.05) is 0 Å². The fourth-order valence-electron chi connectivity index (χ4n) is 1.46. The van der Waals surface area contributed by atoms with Gasteiger partial charge in [0.25, 0.3) is 0 Å². The summed E-state index contributed by atoms with van der Waals surface area (Å²) >= 11 is 9.03. The Balaban J connectivity index is 2.60. The second-order valence-electron chi connectivity index (χ2n) is 3.45. The fourth-order valence-corrected chi connectivity index (χ4v) is 2.03. The fraction of sp³-hybridized carbons (Fsp3) is 0.167. The van der Waals surface area contributed by atoms with Gasteiger partial charge in [-0.2, -0.15) is 0 Å². The Kier molecular flexibility index (Phi) is 3.74. The number of nitrogens with zero attached hydrogens (tertiary/aromatic N) is 2. The number of aromatic nitrogens is 2. The topological polar surface area (TPSA) is 25.8 Å². The van der Waals surface area contributed by atoms with Crippen LogP contribution in [0.15, 0.2) is 28.7 Å². The Morgan fingerprint density at radius 1 is 1.35 bits per heavy atom. The third-order valence-corrected chi connectivity index (χ3v) is 3.09. The number of rotatable bonds is 2. The van der Waals surface area contributed by atoms with Crippen molar-refractivity contribution in [3.05, 3.63) is 45.5 Å². The summed E-state index contributed by atoms with van der Waals surface area (Å²) in [7, 11) is 0. The maximum Gasteiger partial charge on any atom is 0.146 e. The molecule has 0 spiro atoms. The van der Waals surface area contributed by atoms with E-state index in [4.69, 9.17) is 11.6 Å². The normalized spacial score (nSPS) is 10.6. The maximum absolute atomic E-state index is 13.9. The molecule has 1 aromatic carbocycles. The standard InChI is InChI=1S/C12H9BrClFN2/c1-2-11-16-9(6-10(14)17-11)7-4-3-5-8(13)12(7)15/h3-6H,2H2,1H3. The minimum absolute atomic E-state index is 0.325. The van der Waals surface area contributed by atoms with Crippen molar-refractivity contribution in [2.45, 2.75) is 13.3 Å². The van der Waals surface area contributed by atoms with Crippen LogP contribution in [0.2, 0.25) is 5.15 Å². The van der Waals surface area contributed by atoms with Crippen LogP contribution < -0.4 is 0 Å². The lowest BCUT2D eigenvalue weighted by molar-refractivity contribution is 0.624. The molecule has 1 heterocycles.